The molecule has 1 atom stereocenters. The van der Waals surface area contributed by atoms with E-state index >= 15 is 0 Å². The maximum absolute atomic E-state index is 11.2. The fourth-order valence-electron chi connectivity index (χ4n) is 1.93. The van der Waals surface area contributed by atoms with E-state index in [0.29, 0.717) is 12.0 Å². The summed E-state index contributed by atoms with van der Waals surface area (Å²) in [6.07, 6.45) is 1.14. The Balaban J connectivity index is 2.23. The second kappa shape index (κ2) is 5.44. The average Bonchev–Trinajstić information content (AvgIpc) is 2.39. The molecule has 4 heteroatoms. The van der Waals surface area contributed by atoms with E-state index in [2.05, 4.69) is 0 Å². The van der Waals surface area contributed by atoms with Crippen molar-refractivity contribution in [3.8, 4) is 17.2 Å². The van der Waals surface area contributed by atoms with E-state index < -0.39 is 5.92 Å². The summed E-state index contributed by atoms with van der Waals surface area (Å²) in [4.78, 5) is 11.2. The minimum absolute atomic E-state index is 0.0199. The van der Waals surface area contributed by atoms with Crippen molar-refractivity contribution in [3.63, 3.8) is 0 Å². The molecule has 0 bridgehead atoms. The molecular formula is C15H14O4. The molecule has 0 fully saturated rings. The van der Waals surface area contributed by atoms with E-state index in [4.69, 9.17) is 0 Å². The monoisotopic (exact) mass is 258 g/mol. The molecule has 0 amide bonds. The number of carbonyl (C=O) groups excluding carboxylic acids is 1. The van der Waals surface area contributed by atoms with Crippen LogP contribution in [0.4, 0.5) is 0 Å². The number of aromatic hydroxyl groups is 3. The lowest BCUT2D eigenvalue weighted by atomic mass is 9.93. The third kappa shape index (κ3) is 3.04. The van der Waals surface area contributed by atoms with Crippen molar-refractivity contribution in [2.24, 2.45) is 0 Å². The van der Waals surface area contributed by atoms with Crippen LogP contribution < -0.4 is 0 Å². The van der Waals surface area contributed by atoms with Gasteiger partial charge in [-0.25, -0.2) is 0 Å². The predicted molar refractivity (Wildman–Crippen MR) is 70.4 cm³/mol. The topological polar surface area (TPSA) is 77.8 Å². The first-order chi connectivity index (χ1) is 9.10. The Morgan fingerprint density at radius 1 is 0.947 bits per heavy atom. The summed E-state index contributed by atoms with van der Waals surface area (Å²) in [6, 6.07) is 10.7. The molecule has 0 aliphatic carbocycles. The maximum Gasteiger partial charge on any atom is 0.127 e. The van der Waals surface area contributed by atoms with Gasteiger partial charge in [-0.05, 0) is 35.7 Å². The molecule has 19 heavy (non-hydrogen) atoms. The van der Waals surface area contributed by atoms with Gasteiger partial charge in [-0.15, -0.1) is 0 Å². The molecule has 0 radical (unpaired) electrons. The number of rotatable bonds is 4. The molecule has 4 nitrogen and oxygen atoms in total. The summed E-state index contributed by atoms with van der Waals surface area (Å²) in [5.41, 5.74) is 1.35. The summed E-state index contributed by atoms with van der Waals surface area (Å²) >= 11 is 0. The standard InChI is InChI=1S/C15H14O4/c16-9-12(10-1-4-13(17)5-2-10)7-11-3-6-14(18)8-15(11)19/h1-6,8-9,12,17-19H,7H2. The largest absolute Gasteiger partial charge is 0.508 e. The van der Waals surface area contributed by atoms with Gasteiger partial charge < -0.3 is 20.1 Å². The van der Waals surface area contributed by atoms with Crippen molar-refractivity contribution < 1.29 is 20.1 Å². The highest BCUT2D eigenvalue weighted by atomic mass is 16.3. The maximum atomic E-state index is 11.2. The quantitative estimate of drug-likeness (QED) is 0.735. The number of carbonyl (C=O) groups is 1. The number of phenols is 3. The Morgan fingerprint density at radius 2 is 1.58 bits per heavy atom. The average molecular weight is 258 g/mol. The zero-order chi connectivity index (χ0) is 13.8. The van der Waals surface area contributed by atoms with Crippen LogP contribution in [0, 0.1) is 0 Å². The van der Waals surface area contributed by atoms with Gasteiger partial charge in [0.2, 0.25) is 0 Å². The van der Waals surface area contributed by atoms with Gasteiger partial charge in [0.1, 0.15) is 23.5 Å². The first-order valence-electron chi connectivity index (χ1n) is 5.85. The summed E-state index contributed by atoms with van der Waals surface area (Å²) in [7, 11) is 0. The first kappa shape index (κ1) is 13.0. The molecule has 0 aliphatic heterocycles. The normalized spacial score (nSPS) is 12.0. The zero-order valence-corrected chi connectivity index (χ0v) is 10.2. The molecular weight excluding hydrogens is 244 g/mol. The molecule has 2 aromatic rings. The van der Waals surface area contributed by atoms with Gasteiger partial charge >= 0.3 is 0 Å². The van der Waals surface area contributed by atoms with Crippen LogP contribution in [0.1, 0.15) is 17.0 Å². The molecule has 0 spiro atoms. The summed E-state index contributed by atoms with van der Waals surface area (Å²) < 4.78 is 0. The third-order valence-electron chi connectivity index (χ3n) is 2.99. The molecule has 1 unspecified atom stereocenters. The van der Waals surface area contributed by atoms with Gasteiger partial charge in [-0.1, -0.05) is 18.2 Å². The highest BCUT2D eigenvalue weighted by molar-refractivity contribution is 5.63. The van der Waals surface area contributed by atoms with Crippen LogP contribution in [0.15, 0.2) is 42.5 Å². The number of phenolic OH excluding ortho intramolecular Hbond substituents is 3. The van der Waals surface area contributed by atoms with Crippen LogP contribution in [0.25, 0.3) is 0 Å². The summed E-state index contributed by atoms with van der Waals surface area (Å²) in [5, 5.41) is 28.1. The van der Waals surface area contributed by atoms with Crippen LogP contribution in [-0.4, -0.2) is 21.6 Å². The minimum atomic E-state index is -0.406. The van der Waals surface area contributed by atoms with Crippen LogP contribution in [0.2, 0.25) is 0 Å². The Morgan fingerprint density at radius 3 is 2.16 bits per heavy atom. The van der Waals surface area contributed by atoms with Gasteiger partial charge in [-0.2, -0.15) is 0 Å². The number of benzene rings is 2. The van der Waals surface area contributed by atoms with Crippen molar-refractivity contribution in [1.82, 2.24) is 0 Å². The van der Waals surface area contributed by atoms with E-state index in [1.54, 1.807) is 18.2 Å². The molecule has 0 saturated heterocycles. The molecule has 3 N–H and O–H groups in total. The second-order valence-corrected chi connectivity index (χ2v) is 4.35. The Labute approximate surface area is 110 Å². The number of hydrogen-bond acceptors (Lipinski definition) is 4. The van der Waals surface area contributed by atoms with E-state index in [0.717, 1.165) is 11.8 Å². The summed E-state index contributed by atoms with van der Waals surface area (Å²) in [6.45, 7) is 0. The first-order valence-corrected chi connectivity index (χ1v) is 5.85. The predicted octanol–water partition coefficient (Wildman–Crippen LogP) is 2.33. The number of hydrogen-bond donors (Lipinski definition) is 3. The lowest BCUT2D eigenvalue weighted by Crippen LogP contribution is -2.04. The lowest BCUT2D eigenvalue weighted by molar-refractivity contribution is -0.109. The molecule has 2 rings (SSSR count). The fraction of sp³-hybridized carbons (Fsp3) is 0.133. The van der Waals surface area contributed by atoms with E-state index in [-0.39, 0.29) is 17.2 Å². The zero-order valence-electron chi connectivity index (χ0n) is 10.2. The van der Waals surface area contributed by atoms with E-state index in [1.807, 2.05) is 0 Å². The Kier molecular flexibility index (Phi) is 3.71. The van der Waals surface area contributed by atoms with Crippen molar-refractivity contribution in [1.29, 1.82) is 0 Å². The molecule has 0 aromatic heterocycles. The fourth-order valence-corrected chi connectivity index (χ4v) is 1.93. The summed E-state index contributed by atoms with van der Waals surface area (Å²) in [5.74, 6) is -0.323. The van der Waals surface area contributed by atoms with Crippen LogP contribution >= 0.6 is 0 Å². The van der Waals surface area contributed by atoms with Crippen LogP contribution in [-0.2, 0) is 11.2 Å². The minimum Gasteiger partial charge on any atom is -0.508 e. The van der Waals surface area contributed by atoms with Gasteiger partial charge in [0.25, 0.3) is 0 Å². The van der Waals surface area contributed by atoms with Gasteiger partial charge in [0.15, 0.2) is 0 Å². The molecule has 0 saturated carbocycles. The van der Waals surface area contributed by atoms with Crippen LogP contribution in [0.3, 0.4) is 0 Å². The Bertz CT molecular complexity index is 575. The molecule has 0 heterocycles. The lowest BCUT2D eigenvalue weighted by Gasteiger charge is -2.12. The van der Waals surface area contributed by atoms with Crippen molar-refractivity contribution in [2.75, 3.05) is 0 Å². The second-order valence-electron chi connectivity index (χ2n) is 4.35. The molecule has 2 aromatic carbocycles. The van der Waals surface area contributed by atoms with E-state index in [9.17, 15) is 20.1 Å². The molecule has 98 valence electrons. The Hall–Kier alpha value is -2.49. The van der Waals surface area contributed by atoms with Gasteiger partial charge in [-0.3, -0.25) is 0 Å². The van der Waals surface area contributed by atoms with Crippen molar-refractivity contribution in [2.45, 2.75) is 12.3 Å². The molecule has 0 aliphatic rings. The third-order valence-corrected chi connectivity index (χ3v) is 2.99. The number of aldehydes is 1. The van der Waals surface area contributed by atoms with Crippen molar-refractivity contribution in [3.05, 3.63) is 53.6 Å². The van der Waals surface area contributed by atoms with Gasteiger partial charge in [0, 0.05) is 12.0 Å². The van der Waals surface area contributed by atoms with E-state index in [1.165, 1.54) is 24.3 Å². The highest BCUT2D eigenvalue weighted by Crippen LogP contribution is 2.28. The SMILES string of the molecule is O=CC(Cc1ccc(O)cc1O)c1ccc(O)cc1. The van der Waals surface area contributed by atoms with Crippen molar-refractivity contribution >= 4 is 6.29 Å². The van der Waals surface area contributed by atoms with Crippen LogP contribution in [0.5, 0.6) is 17.2 Å². The van der Waals surface area contributed by atoms with Gasteiger partial charge in [0.05, 0.1) is 0 Å². The smallest absolute Gasteiger partial charge is 0.127 e. The highest BCUT2D eigenvalue weighted by Gasteiger charge is 2.14.